The Labute approximate surface area is 285 Å². The van der Waals surface area contributed by atoms with Crippen LogP contribution in [0.1, 0.15) is 214 Å². The van der Waals surface area contributed by atoms with Gasteiger partial charge in [0.1, 0.15) is 13.2 Å². The largest absolute Gasteiger partial charge is 0.462 e. The van der Waals surface area contributed by atoms with Gasteiger partial charge in [-0.25, -0.2) is 0 Å². The highest BCUT2D eigenvalue weighted by atomic mass is 16.6. The number of hydrogen-bond acceptors (Lipinski definition) is 6. The number of carbonyl (C=O) groups excluding carboxylic acids is 3. The molecule has 6 nitrogen and oxygen atoms in total. The van der Waals surface area contributed by atoms with Crippen molar-refractivity contribution in [1.29, 1.82) is 0 Å². The van der Waals surface area contributed by atoms with Crippen molar-refractivity contribution in [3.05, 3.63) is 0 Å². The van der Waals surface area contributed by atoms with Gasteiger partial charge in [0.25, 0.3) is 0 Å². The lowest BCUT2D eigenvalue weighted by Gasteiger charge is -2.18. The molecule has 46 heavy (non-hydrogen) atoms. The quantitative estimate of drug-likeness (QED) is 0.0385. The van der Waals surface area contributed by atoms with Crippen molar-refractivity contribution >= 4 is 17.9 Å². The van der Waals surface area contributed by atoms with E-state index in [1.807, 2.05) is 0 Å². The number of esters is 3. The normalized spacial score (nSPS) is 11.9. The van der Waals surface area contributed by atoms with Crippen molar-refractivity contribution in [2.45, 2.75) is 220 Å². The summed E-state index contributed by atoms with van der Waals surface area (Å²) in [5, 5.41) is 0. The molecular formula is C40H76O6. The van der Waals surface area contributed by atoms with Gasteiger partial charge >= 0.3 is 17.9 Å². The van der Waals surface area contributed by atoms with E-state index in [0.717, 1.165) is 70.1 Å². The Morgan fingerprint density at radius 1 is 0.413 bits per heavy atom. The predicted molar refractivity (Wildman–Crippen MR) is 192 cm³/mol. The molecule has 0 aliphatic heterocycles. The molecule has 0 saturated carbocycles. The molecule has 1 atom stereocenters. The lowest BCUT2D eigenvalue weighted by atomic mass is 10.0. The minimum absolute atomic E-state index is 0.0667. The standard InChI is InChI=1S/C40H76O6/c1-5-7-9-11-12-13-14-15-16-17-18-19-24-28-32-39(42)45-35-37(34-44-38(41)31-27-22-10-8-6-2)46-40(43)33-29-25-21-20-23-26-30-36(3)4/h36-37H,5-35H2,1-4H3/t37-/m1/s1. The average Bonchev–Trinajstić information content (AvgIpc) is 3.03. The highest BCUT2D eigenvalue weighted by Gasteiger charge is 2.19. The third-order valence-electron chi connectivity index (χ3n) is 8.79. The molecular weight excluding hydrogens is 576 g/mol. The summed E-state index contributed by atoms with van der Waals surface area (Å²) in [6.07, 6.45) is 31.3. The van der Waals surface area contributed by atoms with Crippen molar-refractivity contribution in [1.82, 2.24) is 0 Å². The number of carbonyl (C=O) groups is 3. The summed E-state index contributed by atoms with van der Waals surface area (Å²) in [6, 6.07) is 0. The van der Waals surface area contributed by atoms with E-state index in [1.165, 1.54) is 103 Å². The van der Waals surface area contributed by atoms with Gasteiger partial charge in [0.05, 0.1) is 0 Å². The first-order valence-electron chi connectivity index (χ1n) is 19.9. The fourth-order valence-corrected chi connectivity index (χ4v) is 5.74. The monoisotopic (exact) mass is 653 g/mol. The molecule has 0 aromatic heterocycles. The summed E-state index contributed by atoms with van der Waals surface area (Å²) in [5.74, 6) is -0.122. The van der Waals surface area contributed by atoms with Gasteiger partial charge in [-0.05, 0) is 25.2 Å². The van der Waals surface area contributed by atoms with Crippen molar-refractivity contribution < 1.29 is 28.6 Å². The van der Waals surface area contributed by atoms with Gasteiger partial charge in [0.2, 0.25) is 0 Å². The second-order valence-electron chi connectivity index (χ2n) is 14.0. The Morgan fingerprint density at radius 3 is 1.07 bits per heavy atom. The fraction of sp³-hybridized carbons (Fsp3) is 0.925. The summed E-state index contributed by atoms with van der Waals surface area (Å²) in [7, 11) is 0. The van der Waals surface area contributed by atoms with E-state index >= 15 is 0 Å². The number of hydrogen-bond donors (Lipinski definition) is 0. The van der Waals surface area contributed by atoms with Crippen molar-refractivity contribution in [2.24, 2.45) is 5.92 Å². The molecule has 0 amide bonds. The number of unbranched alkanes of at least 4 members (excludes halogenated alkanes) is 22. The van der Waals surface area contributed by atoms with Gasteiger partial charge in [0.15, 0.2) is 6.10 Å². The molecule has 0 aliphatic carbocycles. The van der Waals surface area contributed by atoms with Gasteiger partial charge < -0.3 is 14.2 Å². The number of rotatable bonds is 35. The SMILES string of the molecule is CCCCCCCCCCCCCCCCC(=O)OC[C@@H](COC(=O)CCCCCCC)OC(=O)CCCCCCCCC(C)C. The molecule has 0 aromatic carbocycles. The van der Waals surface area contributed by atoms with Crippen LogP contribution in [0.5, 0.6) is 0 Å². The average molecular weight is 653 g/mol. The maximum atomic E-state index is 12.5. The third-order valence-corrected chi connectivity index (χ3v) is 8.79. The summed E-state index contributed by atoms with van der Waals surface area (Å²) < 4.78 is 16.5. The second kappa shape index (κ2) is 34.7. The minimum Gasteiger partial charge on any atom is -0.462 e. The Kier molecular flexibility index (Phi) is 33.5. The van der Waals surface area contributed by atoms with Crippen LogP contribution in [-0.2, 0) is 28.6 Å². The molecule has 0 unspecified atom stereocenters. The fourth-order valence-electron chi connectivity index (χ4n) is 5.74. The van der Waals surface area contributed by atoms with E-state index in [4.69, 9.17) is 14.2 Å². The van der Waals surface area contributed by atoms with E-state index in [9.17, 15) is 14.4 Å². The van der Waals surface area contributed by atoms with Gasteiger partial charge in [0, 0.05) is 19.3 Å². The summed E-state index contributed by atoms with van der Waals surface area (Å²) in [5.41, 5.74) is 0. The Hall–Kier alpha value is -1.59. The number of ether oxygens (including phenoxy) is 3. The first-order valence-corrected chi connectivity index (χ1v) is 19.9. The zero-order chi connectivity index (χ0) is 33.9. The minimum atomic E-state index is -0.757. The van der Waals surface area contributed by atoms with Crippen molar-refractivity contribution in [3.63, 3.8) is 0 Å². The van der Waals surface area contributed by atoms with Crippen LogP contribution < -0.4 is 0 Å². The zero-order valence-electron chi connectivity index (χ0n) is 31.0. The highest BCUT2D eigenvalue weighted by Crippen LogP contribution is 2.15. The first-order chi connectivity index (χ1) is 22.4. The summed E-state index contributed by atoms with van der Waals surface area (Å²) >= 11 is 0. The van der Waals surface area contributed by atoms with Crippen LogP contribution in [0.25, 0.3) is 0 Å². The Balaban J connectivity index is 4.21. The first kappa shape index (κ1) is 44.4. The third kappa shape index (κ3) is 33.8. The van der Waals surface area contributed by atoms with Crippen LogP contribution in [0, 0.1) is 5.92 Å². The van der Waals surface area contributed by atoms with Crippen LogP contribution in [0.2, 0.25) is 0 Å². The van der Waals surface area contributed by atoms with Crippen LogP contribution in [0.4, 0.5) is 0 Å². The molecule has 0 aromatic rings. The Morgan fingerprint density at radius 2 is 0.717 bits per heavy atom. The maximum absolute atomic E-state index is 12.5. The second-order valence-corrected chi connectivity index (χ2v) is 14.0. The molecule has 0 spiro atoms. The predicted octanol–water partition coefficient (Wildman–Crippen LogP) is 12.0. The van der Waals surface area contributed by atoms with Crippen molar-refractivity contribution in [2.75, 3.05) is 13.2 Å². The molecule has 0 saturated heterocycles. The van der Waals surface area contributed by atoms with Gasteiger partial charge in [-0.3, -0.25) is 14.4 Å². The van der Waals surface area contributed by atoms with E-state index in [1.54, 1.807) is 0 Å². The van der Waals surface area contributed by atoms with E-state index in [0.29, 0.717) is 19.3 Å². The van der Waals surface area contributed by atoms with Crippen LogP contribution in [-0.4, -0.2) is 37.2 Å². The molecule has 0 aliphatic rings. The summed E-state index contributed by atoms with van der Waals surface area (Å²) in [6.45, 7) is 8.82. The molecule has 0 rings (SSSR count). The highest BCUT2D eigenvalue weighted by molar-refractivity contribution is 5.71. The van der Waals surface area contributed by atoms with Gasteiger partial charge in [-0.1, -0.05) is 175 Å². The van der Waals surface area contributed by atoms with Gasteiger partial charge in [-0.2, -0.15) is 0 Å². The van der Waals surface area contributed by atoms with Crippen LogP contribution in [0.3, 0.4) is 0 Å². The lowest BCUT2D eigenvalue weighted by Crippen LogP contribution is -2.30. The molecule has 6 heteroatoms. The molecule has 0 heterocycles. The molecule has 272 valence electrons. The van der Waals surface area contributed by atoms with Crippen LogP contribution >= 0.6 is 0 Å². The van der Waals surface area contributed by atoms with Crippen molar-refractivity contribution in [3.8, 4) is 0 Å². The van der Waals surface area contributed by atoms with E-state index in [-0.39, 0.29) is 31.1 Å². The maximum Gasteiger partial charge on any atom is 0.306 e. The topological polar surface area (TPSA) is 78.9 Å². The molecule has 0 bridgehead atoms. The van der Waals surface area contributed by atoms with Gasteiger partial charge in [-0.15, -0.1) is 0 Å². The lowest BCUT2D eigenvalue weighted by molar-refractivity contribution is -0.167. The smallest absolute Gasteiger partial charge is 0.306 e. The van der Waals surface area contributed by atoms with Crippen LogP contribution in [0.15, 0.2) is 0 Å². The van der Waals surface area contributed by atoms with E-state index in [2.05, 4.69) is 27.7 Å². The molecule has 0 N–H and O–H groups in total. The molecule has 0 fully saturated rings. The molecule has 0 radical (unpaired) electrons. The zero-order valence-corrected chi connectivity index (χ0v) is 31.0. The van der Waals surface area contributed by atoms with E-state index < -0.39 is 6.10 Å². The summed E-state index contributed by atoms with van der Waals surface area (Å²) in [4.78, 5) is 37.2. The Bertz CT molecular complexity index is 691.